The Morgan fingerprint density at radius 2 is 2.00 bits per heavy atom. The van der Waals surface area contributed by atoms with Crippen LogP contribution in [0.2, 0.25) is 0 Å². The van der Waals surface area contributed by atoms with Crippen LogP contribution < -0.4 is 4.74 Å². The molecule has 0 unspecified atom stereocenters. The molecule has 1 aliphatic heterocycles. The maximum atomic E-state index is 13.0. The number of hydrogen-bond donors (Lipinski definition) is 1. The van der Waals surface area contributed by atoms with Crippen molar-refractivity contribution in [2.45, 2.75) is 13.5 Å². The fourth-order valence-corrected chi connectivity index (χ4v) is 3.23. The minimum atomic E-state index is -0.0941. The van der Waals surface area contributed by atoms with Gasteiger partial charge in [-0.15, -0.1) is 0 Å². The molecule has 3 heterocycles. The Balaban J connectivity index is 1.70. The van der Waals surface area contributed by atoms with Crippen LogP contribution in [0.1, 0.15) is 21.5 Å². The van der Waals surface area contributed by atoms with Gasteiger partial charge in [-0.1, -0.05) is 6.07 Å². The number of aryl methyl sites for hydroxylation is 1. The van der Waals surface area contributed by atoms with Crippen molar-refractivity contribution in [3.8, 4) is 22.6 Å². The molecular weight excluding hydrogens is 342 g/mol. The van der Waals surface area contributed by atoms with Crippen molar-refractivity contribution in [2.75, 3.05) is 13.2 Å². The molecule has 6 nitrogen and oxygen atoms in total. The van der Waals surface area contributed by atoms with Gasteiger partial charge in [0.15, 0.2) is 11.5 Å². The molecule has 0 radical (unpaired) electrons. The molecule has 6 heteroatoms. The molecule has 0 atom stereocenters. The highest BCUT2D eigenvalue weighted by Crippen LogP contribution is 2.37. The minimum absolute atomic E-state index is 0.0678. The highest BCUT2D eigenvalue weighted by Gasteiger charge is 2.24. The zero-order valence-corrected chi connectivity index (χ0v) is 14.9. The first-order chi connectivity index (χ1) is 13.1. The van der Waals surface area contributed by atoms with Gasteiger partial charge in [-0.05, 0) is 42.3 Å². The number of pyridine rings is 2. The number of carbonyl (C=O) groups excluding carboxylic acids is 1. The van der Waals surface area contributed by atoms with Crippen molar-refractivity contribution in [1.82, 2.24) is 14.9 Å². The molecule has 1 aliphatic rings. The number of hydrogen-bond acceptors (Lipinski definition) is 5. The molecule has 3 aromatic rings. The highest BCUT2D eigenvalue weighted by molar-refractivity contribution is 5.95. The monoisotopic (exact) mass is 361 g/mol. The van der Waals surface area contributed by atoms with Gasteiger partial charge in [-0.2, -0.15) is 0 Å². The van der Waals surface area contributed by atoms with Crippen LogP contribution in [0.5, 0.6) is 11.5 Å². The molecule has 1 aromatic carbocycles. The van der Waals surface area contributed by atoms with Crippen molar-refractivity contribution in [3.05, 3.63) is 71.8 Å². The summed E-state index contributed by atoms with van der Waals surface area (Å²) in [5, 5.41) is 10.5. The molecule has 0 aliphatic carbocycles. The number of ether oxygens (including phenoxy) is 1. The summed E-state index contributed by atoms with van der Waals surface area (Å²) >= 11 is 0. The Hall–Kier alpha value is -3.41. The van der Waals surface area contributed by atoms with Crippen molar-refractivity contribution in [2.24, 2.45) is 0 Å². The maximum Gasteiger partial charge on any atom is 0.256 e. The molecular formula is C21H19N3O3. The van der Waals surface area contributed by atoms with Crippen molar-refractivity contribution in [3.63, 3.8) is 0 Å². The standard InChI is InChI=1S/C21H19N3O3/c1-14-4-6-23-12-18(14)21(26)24-7-8-27-20-17(13-24)9-16(10-19(20)25)15-3-2-5-22-11-15/h2-6,9-12,25H,7-8,13H2,1H3. The molecule has 0 saturated heterocycles. The number of fused-ring (bicyclic) bond motifs is 1. The van der Waals surface area contributed by atoms with E-state index in [1.807, 2.05) is 31.2 Å². The van der Waals surface area contributed by atoms with Gasteiger partial charge in [-0.25, -0.2) is 0 Å². The Morgan fingerprint density at radius 1 is 1.15 bits per heavy atom. The summed E-state index contributed by atoms with van der Waals surface area (Å²) in [6, 6.07) is 9.19. The summed E-state index contributed by atoms with van der Waals surface area (Å²) < 4.78 is 5.74. The smallest absolute Gasteiger partial charge is 0.256 e. The summed E-state index contributed by atoms with van der Waals surface area (Å²) in [6.07, 6.45) is 6.70. The SMILES string of the molecule is Cc1ccncc1C(=O)N1CCOc2c(O)cc(-c3cccnc3)cc2C1. The van der Waals surface area contributed by atoms with E-state index in [0.29, 0.717) is 31.0 Å². The summed E-state index contributed by atoms with van der Waals surface area (Å²) in [5.74, 6) is 0.405. The topological polar surface area (TPSA) is 75.6 Å². The van der Waals surface area contributed by atoms with Crippen molar-refractivity contribution in [1.29, 1.82) is 0 Å². The number of carbonyl (C=O) groups is 1. The fraction of sp³-hybridized carbons (Fsp3) is 0.190. The van der Waals surface area contributed by atoms with E-state index in [0.717, 1.165) is 22.3 Å². The number of aromatic nitrogens is 2. The van der Waals surface area contributed by atoms with Gasteiger partial charge in [0.1, 0.15) is 6.61 Å². The molecule has 0 saturated carbocycles. The minimum Gasteiger partial charge on any atom is -0.504 e. The van der Waals surface area contributed by atoms with Gasteiger partial charge < -0.3 is 14.7 Å². The number of rotatable bonds is 2. The van der Waals surface area contributed by atoms with Crippen molar-refractivity contribution >= 4 is 5.91 Å². The molecule has 4 rings (SSSR count). The van der Waals surface area contributed by atoms with Gasteiger partial charge in [-0.3, -0.25) is 14.8 Å². The summed E-state index contributed by atoms with van der Waals surface area (Å²) in [7, 11) is 0. The largest absolute Gasteiger partial charge is 0.504 e. The van der Waals surface area contributed by atoms with E-state index >= 15 is 0 Å². The van der Waals surface area contributed by atoms with E-state index in [-0.39, 0.29) is 11.7 Å². The first-order valence-corrected chi connectivity index (χ1v) is 8.72. The van der Waals surface area contributed by atoms with E-state index in [9.17, 15) is 9.90 Å². The van der Waals surface area contributed by atoms with Crippen molar-refractivity contribution < 1.29 is 14.6 Å². The first-order valence-electron chi connectivity index (χ1n) is 8.72. The second-order valence-electron chi connectivity index (χ2n) is 6.49. The quantitative estimate of drug-likeness (QED) is 0.759. The Bertz CT molecular complexity index is 989. The molecule has 136 valence electrons. The second kappa shape index (κ2) is 7.07. The summed E-state index contributed by atoms with van der Waals surface area (Å²) in [6.45, 7) is 3.00. The van der Waals surface area contributed by atoms with E-state index in [2.05, 4.69) is 9.97 Å². The number of phenols is 1. The zero-order chi connectivity index (χ0) is 18.8. The predicted octanol–water partition coefficient (Wildman–Crippen LogP) is 3.19. The first kappa shape index (κ1) is 17.0. The van der Waals surface area contributed by atoms with Crippen LogP contribution in [-0.2, 0) is 6.54 Å². The molecule has 0 fully saturated rings. The lowest BCUT2D eigenvalue weighted by molar-refractivity contribution is 0.0732. The number of benzene rings is 1. The lowest BCUT2D eigenvalue weighted by Gasteiger charge is -2.21. The van der Waals surface area contributed by atoms with Gasteiger partial charge >= 0.3 is 0 Å². The van der Waals surface area contributed by atoms with Crippen LogP contribution in [0.4, 0.5) is 0 Å². The molecule has 1 amide bonds. The van der Waals surface area contributed by atoms with Crippen LogP contribution in [0, 0.1) is 6.92 Å². The van der Waals surface area contributed by atoms with E-state index < -0.39 is 0 Å². The van der Waals surface area contributed by atoms with Gasteiger partial charge in [0.2, 0.25) is 0 Å². The number of aromatic hydroxyl groups is 1. The maximum absolute atomic E-state index is 13.0. The number of phenolic OH excluding ortho intramolecular Hbond substituents is 1. The molecule has 27 heavy (non-hydrogen) atoms. The Morgan fingerprint density at radius 3 is 2.78 bits per heavy atom. The van der Waals surface area contributed by atoms with E-state index in [1.165, 1.54) is 0 Å². The van der Waals surface area contributed by atoms with Gasteiger partial charge in [0.05, 0.1) is 12.1 Å². The average Bonchev–Trinajstić information content (AvgIpc) is 2.91. The summed E-state index contributed by atoms with van der Waals surface area (Å²) in [4.78, 5) is 22.9. The molecule has 0 bridgehead atoms. The molecule has 2 aromatic heterocycles. The van der Waals surface area contributed by atoms with Crippen LogP contribution in [0.3, 0.4) is 0 Å². The third kappa shape index (κ3) is 3.33. The van der Waals surface area contributed by atoms with Crippen LogP contribution in [-0.4, -0.2) is 39.0 Å². The number of amides is 1. The average molecular weight is 361 g/mol. The third-order valence-corrected chi connectivity index (χ3v) is 4.67. The van der Waals surface area contributed by atoms with Crippen LogP contribution >= 0.6 is 0 Å². The Labute approximate surface area is 157 Å². The second-order valence-corrected chi connectivity index (χ2v) is 6.49. The summed E-state index contributed by atoms with van der Waals surface area (Å²) in [5.41, 5.74) is 3.94. The predicted molar refractivity (Wildman–Crippen MR) is 101 cm³/mol. The van der Waals surface area contributed by atoms with Crippen LogP contribution in [0.15, 0.2) is 55.1 Å². The van der Waals surface area contributed by atoms with Crippen LogP contribution in [0.25, 0.3) is 11.1 Å². The lowest BCUT2D eigenvalue weighted by atomic mass is 10.0. The number of nitrogens with zero attached hydrogens (tertiary/aromatic N) is 3. The van der Waals surface area contributed by atoms with E-state index in [4.69, 9.17) is 4.74 Å². The zero-order valence-electron chi connectivity index (χ0n) is 14.9. The third-order valence-electron chi connectivity index (χ3n) is 4.67. The Kier molecular flexibility index (Phi) is 4.46. The normalized spacial score (nSPS) is 13.4. The van der Waals surface area contributed by atoms with E-state index in [1.54, 1.807) is 35.8 Å². The highest BCUT2D eigenvalue weighted by atomic mass is 16.5. The van der Waals surface area contributed by atoms with Gasteiger partial charge in [0.25, 0.3) is 5.91 Å². The molecule has 1 N–H and O–H groups in total. The van der Waals surface area contributed by atoms with Gasteiger partial charge in [0, 0.05) is 42.5 Å². The fourth-order valence-electron chi connectivity index (χ4n) is 3.23. The molecule has 0 spiro atoms. The lowest BCUT2D eigenvalue weighted by Crippen LogP contribution is -2.33.